The molecular weight excluding hydrogens is 482 g/mol. The summed E-state index contributed by atoms with van der Waals surface area (Å²) in [7, 11) is 0. The Morgan fingerprint density at radius 3 is 2.45 bits per heavy atom. The first-order chi connectivity index (χ1) is 18.2. The third-order valence-corrected chi connectivity index (χ3v) is 8.73. The summed E-state index contributed by atoms with van der Waals surface area (Å²) in [5.74, 6) is -2.10. The van der Waals surface area contributed by atoms with E-state index in [2.05, 4.69) is 0 Å². The molecule has 1 aromatic rings. The normalized spacial score (nSPS) is 32.4. The van der Waals surface area contributed by atoms with Gasteiger partial charge in [-0.1, -0.05) is 50.3 Å². The predicted molar refractivity (Wildman–Crippen MR) is 144 cm³/mol. The van der Waals surface area contributed by atoms with Crippen LogP contribution in [0.15, 0.2) is 42.5 Å². The molecule has 8 heteroatoms. The molecule has 0 aromatic heterocycles. The number of nitrogens with zero attached hydrogens (tertiary/aromatic N) is 3. The number of aliphatic hydroxyl groups is 1. The number of aliphatic hydroxyl groups excluding tert-OH is 1. The van der Waals surface area contributed by atoms with Crippen LogP contribution in [0.25, 0.3) is 0 Å². The highest BCUT2D eigenvalue weighted by Crippen LogP contribution is 2.58. The molecule has 2 saturated heterocycles. The van der Waals surface area contributed by atoms with Gasteiger partial charge in [-0.25, -0.2) is 0 Å². The Morgan fingerprint density at radius 2 is 1.74 bits per heavy atom. The number of benzene rings is 1. The van der Waals surface area contributed by atoms with Crippen LogP contribution in [-0.4, -0.2) is 82.7 Å². The van der Waals surface area contributed by atoms with E-state index in [0.717, 1.165) is 23.2 Å². The van der Waals surface area contributed by atoms with Gasteiger partial charge in [-0.15, -0.1) is 0 Å². The van der Waals surface area contributed by atoms with Gasteiger partial charge < -0.3 is 24.5 Å². The molecule has 5 rings (SSSR count). The molecule has 3 amide bonds. The second-order valence-electron chi connectivity index (χ2n) is 11.1. The van der Waals surface area contributed by atoms with E-state index in [1.165, 1.54) is 0 Å². The topological polar surface area (TPSA) is 90.4 Å². The fourth-order valence-electron chi connectivity index (χ4n) is 6.99. The summed E-state index contributed by atoms with van der Waals surface area (Å²) < 4.78 is 6.97. The van der Waals surface area contributed by atoms with Gasteiger partial charge in [0, 0.05) is 38.5 Å². The lowest BCUT2D eigenvalue weighted by Gasteiger charge is -2.38. The summed E-state index contributed by atoms with van der Waals surface area (Å²) in [6, 6.07) is 5.07. The Bertz CT molecular complexity index is 1190. The molecular formula is C30H39N3O5. The van der Waals surface area contributed by atoms with E-state index >= 15 is 0 Å². The predicted octanol–water partition coefficient (Wildman–Crippen LogP) is 2.76. The number of hydrogen-bond donors (Lipinski definition) is 1. The maximum atomic E-state index is 14.5. The largest absolute Gasteiger partial charge is 0.396 e. The second kappa shape index (κ2) is 9.97. The summed E-state index contributed by atoms with van der Waals surface area (Å²) in [4.78, 5) is 48.0. The highest BCUT2D eigenvalue weighted by atomic mass is 16.5. The van der Waals surface area contributed by atoms with E-state index < -0.39 is 29.1 Å². The van der Waals surface area contributed by atoms with Crippen LogP contribution in [0, 0.1) is 25.7 Å². The molecule has 204 valence electrons. The summed E-state index contributed by atoms with van der Waals surface area (Å²) in [5, 5.41) is 9.62. The van der Waals surface area contributed by atoms with Crippen LogP contribution in [-0.2, 0) is 19.1 Å². The van der Waals surface area contributed by atoms with E-state index in [9.17, 15) is 19.5 Å². The molecule has 1 aromatic carbocycles. The van der Waals surface area contributed by atoms with Gasteiger partial charge in [0.05, 0.1) is 17.4 Å². The zero-order valence-electron chi connectivity index (χ0n) is 22.9. The summed E-state index contributed by atoms with van der Waals surface area (Å²) in [6.45, 7) is 9.51. The average molecular weight is 522 g/mol. The molecule has 8 nitrogen and oxygen atoms in total. The van der Waals surface area contributed by atoms with Gasteiger partial charge in [0.1, 0.15) is 11.6 Å². The lowest BCUT2D eigenvalue weighted by molar-refractivity contribution is -0.150. The van der Waals surface area contributed by atoms with E-state index in [0.29, 0.717) is 32.5 Å². The van der Waals surface area contributed by atoms with Crippen LogP contribution in [0.5, 0.6) is 0 Å². The smallest absolute Gasteiger partial charge is 0.253 e. The maximum absolute atomic E-state index is 14.5. The third kappa shape index (κ3) is 3.83. The van der Waals surface area contributed by atoms with Crippen molar-refractivity contribution in [2.75, 3.05) is 37.7 Å². The molecule has 38 heavy (non-hydrogen) atoms. The minimum Gasteiger partial charge on any atom is -0.396 e. The number of anilines is 1. The highest BCUT2D eigenvalue weighted by Gasteiger charge is 2.75. The van der Waals surface area contributed by atoms with Crippen LogP contribution in [0.4, 0.5) is 5.69 Å². The standard InChI is InChI=1S/C30H39N3O5/c1-5-14-31-15-7-12-29(6-2)23(26(31)35)24-27(36)33(17-9-18-34)25-28(37)32(16-8-13-30(24,25)38-29)22-19-20(3)10-11-21(22)4/h7-8,10-13,19,23-25,34H,5-6,9,14-18H2,1-4H3/t23-,24+,25?,29+,30+/m1/s1. The highest BCUT2D eigenvalue weighted by molar-refractivity contribution is 6.06. The van der Waals surface area contributed by atoms with Gasteiger partial charge in [-0.05, 0) is 50.3 Å². The van der Waals surface area contributed by atoms with Crippen molar-refractivity contribution in [2.24, 2.45) is 11.8 Å². The van der Waals surface area contributed by atoms with Gasteiger partial charge in [-0.3, -0.25) is 14.4 Å². The number of amides is 3. The number of likely N-dealkylation sites (tertiary alicyclic amines) is 1. The lowest BCUT2D eigenvalue weighted by Crippen LogP contribution is -2.56. The number of rotatable bonds is 7. The number of ether oxygens (including phenoxy) is 1. The van der Waals surface area contributed by atoms with E-state index in [1.54, 1.807) is 9.80 Å². The summed E-state index contributed by atoms with van der Waals surface area (Å²) in [5.41, 5.74) is 0.561. The van der Waals surface area contributed by atoms with E-state index in [-0.39, 0.29) is 30.9 Å². The SMILES string of the molecule is CCCN1CC=C[C@]2(CC)O[C@]34C=CCN(c5cc(C)ccc5C)C(=O)C3N(CCCO)C(=O)[C@@H]4[C@@H]2C1=O. The van der Waals surface area contributed by atoms with Crippen molar-refractivity contribution < 1.29 is 24.2 Å². The van der Waals surface area contributed by atoms with Crippen LogP contribution in [0.3, 0.4) is 0 Å². The summed E-state index contributed by atoms with van der Waals surface area (Å²) in [6.07, 6.45) is 9.41. The Kier molecular flexibility index (Phi) is 6.99. The maximum Gasteiger partial charge on any atom is 0.253 e. The van der Waals surface area contributed by atoms with Crippen molar-refractivity contribution in [3.8, 4) is 0 Å². The minimum atomic E-state index is -1.27. The number of aryl methyl sites for hydroxylation is 2. The zero-order chi connectivity index (χ0) is 27.2. The van der Waals surface area contributed by atoms with Crippen molar-refractivity contribution in [2.45, 2.75) is 64.2 Å². The number of carbonyl (C=O) groups excluding carboxylic acids is 3. The number of carbonyl (C=O) groups is 3. The third-order valence-electron chi connectivity index (χ3n) is 8.73. The molecule has 0 saturated carbocycles. The summed E-state index contributed by atoms with van der Waals surface area (Å²) >= 11 is 0. The Morgan fingerprint density at radius 1 is 0.974 bits per heavy atom. The van der Waals surface area contributed by atoms with E-state index in [1.807, 2.05) is 75.1 Å². The van der Waals surface area contributed by atoms with Gasteiger partial charge in [0.25, 0.3) is 5.91 Å². The second-order valence-corrected chi connectivity index (χ2v) is 11.1. The molecule has 1 N–H and O–H groups in total. The Hall–Kier alpha value is -2.97. The van der Waals surface area contributed by atoms with Crippen molar-refractivity contribution in [3.05, 3.63) is 53.6 Å². The fraction of sp³-hybridized carbons (Fsp3) is 0.567. The average Bonchev–Trinajstić information content (AvgIpc) is 3.19. The fourth-order valence-corrected chi connectivity index (χ4v) is 6.99. The zero-order valence-corrected chi connectivity index (χ0v) is 22.9. The van der Waals surface area contributed by atoms with Crippen LogP contribution >= 0.6 is 0 Å². The monoisotopic (exact) mass is 521 g/mol. The first kappa shape index (κ1) is 26.6. The Labute approximate surface area is 224 Å². The lowest BCUT2D eigenvalue weighted by atomic mass is 9.73. The van der Waals surface area contributed by atoms with Gasteiger partial charge in [0.2, 0.25) is 11.8 Å². The molecule has 0 radical (unpaired) electrons. The molecule has 1 unspecified atom stereocenters. The van der Waals surface area contributed by atoms with Gasteiger partial charge >= 0.3 is 0 Å². The van der Waals surface area contributed by atoms with Gasteiger partial charge in [-0.2, -0.15) is 0 Å². The van der Waals surface area contributed by atoms with E-state index in [4.69, 9.17) is 4.74 Å². The number of hydrogen-bond acceptors (Lipinski definition) is 5. The van der Waals surface area contributed by atoms with Crippen LogP contribution in [0.2, 0.25) is 0 Å². The molecule has 4 heterocycles. The molecule has 4 aliphatic rings. The Balaban J connectivity index is 1.66. The molecule has 0 aliphatic carbocycles. The molecule has 2 fully saturated rings. The molecule has 0 bridgehead atoms. The van der Waals surface area contributed by atoms with Gasteiger partial charge in [0.15, 0.2) is 0 Å². The van der Waals surface area contributed by atoms with Crippen LogP contribution in [0.1, 0.15) is 44.2 Å². The first-order valence-corrected chi connectivity index (χ1v) is 13.9. The molecule has 5 atom stereocenters. The minimum absolute atomic E-state index is 0.0897. The molecule has 4 aliphatic heterocycles. The number of fused-ring (bicyclic) bond motifs is 2. The first-order valence-electron chi connectivity index (χ1n) is 13.9. The van der Waals surface area contributed by atoms with Crippen molar-refractivity contribution in [3.63, 3.8) is 0 Å². The van der Waals surface area contributed by atoms with Crippen LogP contribution < -0.4 is 4.90 Å². The van der Waals surface area contributed by atoms with Crippen molar-refractivity contribution in [1.29, 1.82) is 0 Å². The van der Waals surface area contributed by atoms with Crippen molar-refractivity contribution >= 4 is 23.4 Å². The molecule has 1 spiro atoms. The van der Waals surface area contributed by atoms with Crippen molar-refractivity contribution in [1.82, 2.24) is 9.80 Å². The quantitative estimate of drug-likeness (QED) is 0.558.